The molecular formula is C17H23N3O4S. The molecule has 0 aliphatic carbocycles. The van der Waals surface area contributed by atoms with Gasteiger partial charge in [0, 0.05) is 12.5 Å². The Hall–Kier alpha value is -1.93. The summed E-state index contributed by atoms with van der Waals surface area (Å²) < 4.78 is 23.4. The Balaban J connectivity index is 1.65. The molecule has 3 amide bonds. The van der Waals surface area contributed by atoms with Crippen LogP contribution in [0.5, 0.6) is 0 Å². The molecule has 1 N–H and O–H groups in total. The predicted octanol–water partition coefficient (Wildman–Crippen LogP) is 0.616. The van der Waals surface area contributed by atoms with Gasteiger partial charge in [0.2, 0.25) is 0 Å². The van der Waals surface area contributed by atoms with Crippen LogP contribution >= 0.6 is 0 Å². The lowest BCUT2D eigenvalue weighted by Crippen LogP contribution is -2.47. The van der Waals surface area contributed by atoms with Crippen LogP contribution in [0, 0.1) is 0 Å². The highest BCUT2D eigenvalue weighted by Crippen LogP contribution is 2.20. The van der Waals surface area contributed by atoms with Gasteiger partial charge in [-0.1, -0.05) is 37.3 Å². The van der Waals surface area contributed by atoms with Crippen molar-refractivity contribution in [2.24, 2.45) is 0 Å². The Bertz CT molecular complexity index is 750. The lowest BCUT2D eigenvalue weighted by Gasteiger charge is -2.29. The van der Waals surface area contributed by atoms with Crippen LogP contribution in [0.25, 0.3) is 0 Å². The molecule has 2 aliphatic heterocycles. The van der Waals surface area contributed by atoms with Crippen LogP contribution in [0.2, 0.25) is 0 Å². The van der Waals surface area contributed by atoms with Crippen LogP contribution in [0.3, 0.4) is 0 Å². The van der Waals surface area contributed by atoms with E-state index in [0.717, 1.165) is 5.56 Å². The van der Waals surface area contributed by atoms with E-state index in [2.05, 4.69) is 5.32 Å². The largest absolute Gasteiger partial charge is 0.325 e. The molecule has 0 saturated carbocycles. The summed E-state index contributed by atoms with van der Waals surface area (Å²) in [5.74, 6) is 0.0104. The first kappa shape index (κ1) is 17.9. The van der Waals surface area contributed by atoms with Crippen LogP contribution < -0.4 is 5.32 Å². The number of urea groups is 1. The number of nitrogens with zero attached hydrogens (tertiary/aromatic N) is 2. The quantitative estimate of drug-likeness (QED) is 0.747. The van der Waals surface area contributed by atoms with Crippen LogP contribution in [0.4, 0.5) is 4.79 Å². The fourth-order valence-electron chi connectivity index (χ4n) is 3.42. The van der Waals surface area contributed by atoms with Gasteiger partial charge in [-0.3, -0.25) is 9.69 Å². The molecule has 136 valence electrons. The maximum Gasteiger partial charge on any atom is 0.325 e. The number of amides is 3. The second-order valence-electron chi connectivity index (χ2n) is 6.56. The number of carbonyl (C=O) groups excluding carboxylic acids is 2. The molecule has 2 fully saturated rings. The van der Waals surface area contributed by atoms with E-state index in [9.17, 15) is 18.0 Å². The molecule has 8 heteroatoms. The van der Waals surface area contributed by atoms with Crippen molar-refractivity contribution < 1.29 is 18.0 Å². The van der Waals surface area contributed by atoms with E-state index in [1.165, 1.54) is 4.90 Å². The first-order chi connectivity index (χ1) is 11.9. The molecule has 0 radical (unpaired) electrons. The third-order valence-corrected chi connectivity index (χ3v) is 6.59. The molecule has 1 aromatic carbocycles. The van der Waals surface area contributed by atoms with E-state index in [4.69, 9.17) is 0 Å². The molecular weight excluding hydrogens is 342 g/mol. The third-order valence-electron chi connectivity index (χ3n) is 4.84. The number of hydrogen-bond donors (Lipinski definition) is 1. The third kappa shape index (κ3) is 4.01. The van der Waals surface area contributed by atoms with E-state index in [0.29, 0.717) is 19.4 Å². The Morgan fingerprint density at radius 1 is 1.24 bits per heavy atom. The van der Waals surface area contributed by atoms with Gasteiger partial charge in [-0.25, -0.2) is 18.1 Å². The smallest absolute Gasteiger partial charge is 0.325 e. The Morgan fingerprint density at radius 3 is 2.56 bits per heavy atom. The van der Waals surface area contributed by atoms with E-state index in [-0.39, 0.29) is 30.1 Å². The van der Waals surface area contributed by atoms with Crippen molar-refractivity contribution in [3.63, 3.8) is 0 Å². The van der Waals surface area contributed by atoms with Crippen molar-refractivity contribution in [2.45, 2.75) is 31.8 Å². The van der Waals surface area contributed by atoms with Crippen molar-refractivity contribution in [3.8, 4) is 0 Å². The molecule has 0 aromatic heterocycles. The Kier molecular flexibility index (Phi) is 5.10. The van der Waals surface area contributed by atoms with Crippen molar-refractivity contribution >= 4 is 21.8 Å². The van der Waals surface area contributed by atoms with E-state index < -0.39 is 21.9 Å². The van der Waals surface area contributed by atoms with Crippen molar-refractivity contribution in [3.05, 3.63) is 35.9 Å². The standard InChI is InChI=1S/C17H23N3O4S/c1-2-19(14-8-9-25(23,24)11-14)12-20-16(21)15(18-17(20)22)10-13-6-4-3-5-7-13/h3-7,14-15H,2,8-12H2,1H3,(H,18,22). The highest BCUT2D eigenvalue weighted by Gasteiger charge is 2.40. The first-order valence-corrected chi connectivity index (χ1v) is 10.3. The predicted molar refractivity (Wildman–Crippen MR) is 93.6 cm³/mol. The molecule has 2 heterocycles. The fourth-order valence-corrected chi connectivity index (χ4v) is 5.18. The molecule has 2 atom stereocenters. The number of carbonyl (C=O) groups is 2. The number of imide groups is 1. The summed E-state index contributed by atoms with van der Waals surface area (Å²) in [7, 11) is -3.01. The molecule has 0 bridgehead atoms. The minimum Gasteiger partial charge on any atom is -0.325 e. The molecule has 2 saturated heterocycles. The monoisotopic (exact) mass is 365 g/mol. The highest BCUT2D eigenvalue weighted by molar-refractivity contribution is 7.91. The van der Waals surface area contributed by atoms with Crippen LogP contribution in [0.15, 0.2) is 30.3 Å². The zero-order valence-corrected chi connectivity index (χ0v) is 15.0. The topological polar surface area (TPSA) is 86.8 Å². The zero-order chi connectivity index (χ0) is 18.0. The van der Waals surface area contributed by atoms with Crippen LogP contribution in [-0.4, -0.2) is 67.0 Å². The van der Waals surface area contributed by atoms with Crippen LogP contribution in [-0.2, 0) is 21.1 Å². The first-order valence-electron chi connectivity index (χ1n) is 8.50. The van der Waals surface area contributed by atoms with Gasteiger partial charge in [0.1, 0.15) is 6.04 Å². The van der Waals surface area contributed by atoms with Gasteiger partial charge < -0.3 is 5.32 Å². The Labute approximate surface area is 147 Å². The van der Waals surface area contributed by atoms with Gasteiger partial charge >= 0.3 is 6.03 Å². The summed E-state index contributed by atoms with van der Waals surface area (Å²) in [5, 5.41) is 2.73. The lowest BCUT2D eigenvalue weighted by atomic mass is 10.1. The molecule has 25 heavy (non-hydrogen) atoms. The molecule has 7 nitrogen and oxygen atoms in total. The van der Waals surface area contributed by atoms with E-state index >= 15 is 0 Å². The average Bonchev–Trinajstić information content (AvgIpc) is 3.06. The average molecular weight is 365 g/mol. The number of sulfone groups is 1. The second kappa shape index (κ2) is 7.13. The minimum atomic E-state index is -3.01. The Morgan fingerprint density at radius 2 is 1.96 bits per heavy atom. The summed E-state index contributed by atoms with van der Waals surface area (Å²) in [6.45, 7) is 2.62. The molecule has 2 unspecified atom stereocenters. The number of rotatable bonds is 6. The summed E-state index contributed by atoms with van der Waals surface area (Å²) in [6.07, 6.45) is 0.999. The van der Waals surface area contributed by atoms with Crippen molar-refractivity contribution in [1.29, 1.82) is 0 Å². The zero-order valence-electron chi connectivity index (χ0n) is 14.2. The maximum absolute atomic E-state index is 12.6. The maximum atomic E-state index is 12.6. The van der Waals surface area contributed by atoms with E-state index in [1.807, 2.05) is 42.2 Å². The van der Waals surface area contributed by atoms with Gasteiger partial charge in [0.15, 0.2) is 9.84 Å². The second-order valence-corrected chi connectivity index (χ2v) is 8.79. The number of hydrogen-bond acceptors (Lipinski definition) is 5. The molecule has 2 aliphatic rings. The van der Waals surface area contributed by atoms with Gasteiger partial charge in [0.05, 0.1) is 18.2 Å². The van der Waals surface area contributed by atoms with Crippen molar-refractivity contribution in [1.82, 2.24) is 15.1 Å². The normalized spacial score (nSPS) is 25.6. The number of benzene rings is 1. The summed E-state index contributed by atoms with van der Waals surface area (Å²) >= 11 is 0. The van der Waals surface area contributed by atoms with Gasteiger partial charge in [0.25, 0.3) is 5.91 Å². The van der Waals surface area contributed by atoms with Gasteiger partial charge in [-0.2, -0.15) is 0 Å². The van der Waals surface area contributed by atoms with Gasteiger partial charge in [-0.15, -0.1) is 0 Å². The lowest BCUT2D eigenvalue weighted by molar-refractivity contribution is -0.129. The highest BCUT2D eigenvalue weighted by atomic mass is 32.2. The SMILES string of the molecule is CCN(CN1C(=O)NC(Cc2ccccc2)C1=O)C1CCS(=O)(=O)C1. The molecule has 1 aromatic rings. The number of nitrogens with one attached hydrogen (secondary N) is 1. The molecule has 0 spiro atoms. The van der Waals surface area contributed by atoms with Crippen LogP contribution in [0.1, 0.15) is 18.9 Å². The minimum absolute atomic E-state index is 0.0952. The summed E-state index contributed by atoms with van der Waals surface area (Å²) in [6, 6.07) is 8.42. The summed E-state index contributed by atoms with van der Waals surface area (Å²) in [4.78, 5) is 27.9. The van der Waals surface area contributed by atoms with E-state index in [1.54, 1.807) is 0 Å². The van der Waals surface area contributed by atoms with Gasteiger partial charge in [-0.05, 0) is 18.5 Å². The van der Waals surface area contributed by atoms with Crippen molar-refractivity contribution in [2.75, 3.05) is 24.7 Å². The summed E-state index contributed by atoms with van der Waals surface area (Å²) in [5.41, 5.74) is 0.984. The fraction of sp³-hybridized carbons (Fsp3) is 0.529. The molecule has 3 rings (SSSR count).